The first-order valence-electron chi connectivity index (χ1n) is 12.4. The highest BCUT2D eigenvalue weighted by Gasteiger charge is 2.39. The van der Waals surface area contributed by atoms with Crippen molar-refractivity contribution in [1.82, 2.24) is 4.90 Å². The monoisotopic (exact) mass is 522 g/mol. The molecule has 5 rings (SSSR count). The van der Waals surface area contributed by atoms with E-state index in [2.05, 4.69) is 4.90 Å². The molecule has 0 fully saturated rings. The predicted molar refractivity (Wildman–Crippen MR) is 146 cm³/mol. The summed E-state index contributed by atoms with van der Waals surface area (Å²) in [6.45, 7) is 0.500. The topological polar surface area (TPSA) is 119 Å². The predicted octanol–water partition coefficient (Wildman–Crippen LogP) is 4.82. The fourth-order valence-electron chi connectivity index (χ4n) is 4.77. The van der Waals surface area contributed by atoms with Crippen molar-refractivity contribution in [1.29, 1.82) is 0 Å². The molecule has 1 aliphatic rings. The second-order valence-electron chi connectivity index (χ2n) is 9.19. The molecule has 4 aromatic rings. The highest BCUT2D eigenvalue weighted by atomic mass is 16.6. The molecular weight excluding hydrogens is 496 g/mol. The summed E-state index contributed by atoms with van der Waals surface area (Å²) >= 11 is 0. The third-order valence-corrected chi connectivity index (χ3v) is 6.53. The number of non-ortho nitro benzene ring substituents is 1. The van der Waals surface area contributed by atoms with Crippen molar-refractivity contribution in [2.75, 3.05) is 11.5 Å². The van der Waals surface area contributed by atoms with E-state index in [9.17, 15) is 19.7 Å². The van der Waals surface area contributed by atoms with E-state index in [1.165, 1.54) is 12.1 Å². The molecule has 0 unspecified atom stereocenters. The fourth-order valence-corrected chi connectivity index (χ4v) is 4.77. The number of carbonyl (C=O) groups excluding carboxylic acids is 2. The van der Waals surface area contributed by atoms with Crippen LogP contribution in [0.25, 0.3) is 0 Å². The second-order valence-corrected chi connectivity index (χ2v) is 9.19. The van der Waals surface area contributed by atoms with Crippen LogP contribution in [-0.2, 0) is 17.9 Å². The van der Waals surface area contributed by atoms with Crippen molar-refractivity contribution in [3.05, 3.63) is 135 Å². The van der Waals surface area contributed by atoms with Gasteiger partial charge in [-0.3, -0.25) is 19.7 Å². The number of primary amides is 1. The zero-order chi connectivity index (χ0) is 27.4. The van der Waals surface area contributed by atoms with Crippen molar-refractivity contribution in [3.63, 3.8) is 0 Å². The summed E-state index contributed by atoms with van der Waals surface area (Å²) in [4.78, 5) is 40.1. The molecule has 0 bridgehead atoms. The Balaban J connectivity index is 1.64. The van der Waals surface area contributed by atoms with Crippen molar-refractivity contribution in [2.24, 2.45) is 5.73 Å². The van der Waals surface area contributed by atoms with Crippen LogP contribution >= 0.6 is 0 Å². The molecule has 4 aromatic carbocycles. The molecule has 0 saturated heterocycles. The Kier molecular flexibility index (Phi) is 7.22. The van der Waals surface area contributed by atoms with Crippen LogP contribution < -0.4 is 15.4 Å². The maximum atomic E-state index is 14.0. The quantitative estimate of drug-likeness (QED) is 0.249. The lowest BCUT2D eigenvalue weighted by Crippen LogP contribution is -2.48. The molecule has 9 heteroatoms. The lowest BCUT2D eigenvalue weighted by Gasteiger charge is -2.46. The van der Waals surface area contributed by atoms with E-state index in [4.69, 9.17) is 10.5 Å². The minimum Gasteiger partial charge on any atom is -0.484 e. The van der Waals surface area contributed by atoms with Crippen molar-refractivity contribution < 1.29 is 19.2 Å². The zero-order valence-electron chi connectivity index (χ0n) is 21.0. The van der Waals surface area contributed by atoms with Gasteiger partial charge in [0, 0.05) is 25.2 Å². The number of benzene rings is 4. The van der Waals surface area contributed by atoms with Crippen LogP contribution in [0.5, 0.6) is 5.75 Å². The summed E-state index contributed by atoms with van der Waals surface area (Å²) in [5, 5.41) is 11.6. The number of hydrogen-bond donors (Lipinski definition) is 1. The number of nitrogens with two attached hydrogens (primary N) is 1. The Morgan fingerprint density at radius 2 is 1.44 bits per heavy atom. The van der Waals surface area contributed by atoms with E-state index in [0.29, 0.717) is 18.0 Å². The van der Waals surface area contributed by atoms with Gasteiger partial charge in [-0.1, -0.05) is 72.8 Å². The molecule has 196 valence electrons. The summed E-state index contributed by atoms with van der Waals surface area (Å²) in [7, 11) is 0. The van der Waals surface area contributed by atoms with Gasteiger partial charge < -0.3 is 20.3 Å². The molecule has 0 aromatic heterocycles. The number of nitrogens with zero attached hydrogens (tertiary/aromatic N) is 3. The molecule has 1 atom stereocenters. The molecule has 0 spiro atoms. The Hall–Kier alpha value is -5.18. The lowest BCUT2D eigenvalue weighted by atomic mass is 9.98. The Bertz CT molecular complexity index is 1490. The van der Waals surface area contributed by atoms with E-state index < -0.39 is 17.0 Å². The Labute approximate surface area is 225 Å². The second kappa shape index (κ2) is 11.1. The molecule has 9 nitrogen and oxygen atoms in total. The minimum atomic E-state index is -0.578. The van der Waals surface area contributed by atoms with Crippen molar-refractivity contribution in [2.45, 2.75) is 19.3 Å². The summed E-state index contributed by atoms with van der Waals surface area (Å²) in [6, 6.07) is 31.0. The fraction of sp³-hybridized carbons (Fsp3) is 0.133. The van der Waals surface area contributed by atoms with E-state index in [0.717, 1.165) is 16.7 Å². The minimum absolute atomic E-state index is 0.143. The third kappa shape index (κ3) is 5.57. The van der Waals surface area contributed by atoms with E-state index in [1.54, 1.807) is 23.1 Å². The number of amides is 2. The summed E-state index contributed by atoms with van der Waals surface area (Å²) in [6.07, 6.45) is -0.531. The van der Waals surface area contributed by atoms with Gasteiger partial charge in [-0.25, -0.2) is 0 Å². The van der Waals surface area contributed by atoms with Gasteiger partial charge in [0.15, 0.2) is 6.61 Å². The SMILES string of the molecule is NC(=O)COc1ccc([C@@H]2N(Cc3ccccc3)C(=O)c3cc([N+](=O)[O-])ccc3N2Cc2ccccc2)cc1. The first-order chi connectivity index (χ1) is 18.9. The maximum Gasteiger partial charge on any atom is 0.270 e. The summed E-state index contributed by atoms with van der Waals surface area (Å²) < 4.78 is 5.44. The highest BCUT2D eigenvalue weighted by Crippen LogP contribution is 2.42. The first kappa shape index (κ1) is 25.5. The largest absolute Gasteiger partial charge is 0.484 e. The summed E-state index contributed by atoms with van der Waals surface area (Å²) in [5.41, 5.74) is 8.69. The van der Waals surface area contributed by atoms with E-state index >= 15 is 0 Å². The standard InChI is InChI=1S/C30H26N4O5/c31-28(35)20-39-25-14-11-23(12-15-25)29-32(18-21-7-3-1-4-8-21)27-16-13-24(34(37)38)17-26(27)30(36)33(29)19-22-9-5-2-6-10-22/h1-17,29H,18-20H2,(H2,31,35)/t29-/m0/s1. The van der Waals surface area contributed by atoms with Gasteiger partial charge in [0.2, 0.25) is 0 Å². The first-order valence-corrected chi connectivity index (χ1v) is 12.4. The molecule has 2 N–H and O–H groups in total. The van der Waals surface area contributed by atoms with Crippen LogP contribution in [0, 0.1) is 10.1 Å². The number of hydrogen-bond acceptors (Lipinski definition) is 6. The third-order valence-electron chi connectivity index (χ3n) is 6.53. The van der Waals surface area contributed by atoms with E-state index in [1.807, 2.05) is 72.8 Å². The van der Waals surface area contributed by atoms with Gasteiger partial charge in [0.05, 0.1) is 16.2 Å². The number of nitro benzene ring substituents is 1. The van der Waals surface area contributed by atoms with Crippen LogP contribution in [0.1, 0.15) is 33.2 Å². The number of ether oxygens (including phenoxy) is 1. The summed E-state index contributed by atoms with van der Waals surface area (Å²) in [5.74, 6) is -0.411. The molecule has 39 heavy (non-hydrogen) atoms. The molecule has 2 amide bonds. The lowest BCUT2D eigenvalue weighted by molar-refractivity contribution is -0.384. The Morgan fingerprint density at radius 1 is 0.846 bits per heavy atom. The number of carbonyl (C=O) groups is 2. The number of anilines is 1. The van der Waals surface area contributed by atoms with Crippen LogP contribution in [0.3, 0.4) is 0 Å². The van der Waals surface area contributed by atoms with E-state index in [-0.39, 0.29) is 30.3 Å². The number of nitro groups is 1. The van der Waals surface area contributed by atoms with Gasteiger partial charge in [0.1, 0.15) is 11.9 Å². The van der Waals surface area contributed by atoms with Crippen LogP contribution in [-0.4, -0.2) is 28.2 Å². The highest BCUT2D eigenvalue weighted by molar-refractivity contribution is 6.02. The molecule has 0 aliphatic carbocycles. The van der Waals surface area contributed by atoms with Gasteiger partial charge in [0.25, 0.3) is 17.5 Å². The zero-order valence-corrected chi connectivity index (χ0v) is 21.0. The van der Waals surface area contributed by atoms with Gasteiger partial charge >= 0.3 is 0 Å². The van der Waals surface area contributed by atoms with Gasteiger partial charge in [-0.05, 0) is 34.9 Å². The average Bonchev–Trinajstić information content (AvgIpc) is 2.95. The molecule has 0 saturated carbocycles. The van der Waals surface area contributed by atoms with Crippen LogP contribution in [0.2, 0.25) is 0 Å². The molecule has 0 radical (unpaired) electrons. The smallest absolute Gasteiger partial charge is 0.270 e. The van der Waals surface area contributed by atoms with Crippen LogP contribution in [0.4, 0.5) is 11.4 Å². The van der Waals surface area contributed by atoms with Crippen molar-refractivity contribution in [3.8, 4) is 5.75 Å². The average molecular weight is 523 g/mol. The maximum absolute atomic E-state index is 14.0. The van der Waals surface area contributed by atoms with Crippen molar-refractivity contribution >= 4 is 23.2 Å². The molecule has 1 aliphatic heterocycles. The molecule has 1 heterocycles. The van der Waals surface area contributed by atoms with Gasteiger partial charge in [-0.2, -0.15) is 0 Å². The normalized spacial score (nSPS) is 14.6. The van der Waals surface area contributed by atoms with Gasteiger partial charge in [-0.15, -0.1) is 0 Å². The molecular formula is C30H26N4O5. The number of rotatable bonds is 9. The Morgan fingerprint density at radius 3 is 2.00 bits per heavy atom. The van der Waals surface area contributed by atoms with Crippen LogP contribution in [0.15, 0.2) is 103 Å². The number of fused-ring (bicyclic) bond motifs is 1.